The summed E-state index contributed by atoms with van der Waals surface area (Å²) in [5, 5.41) is 0. The molecule has 1 aliphatic heterocycles. The Hall–Kier alpha value is -0.610. The zero-order valence-electron chi connectivity index (χ0n) is 12.0. The molecule has 0 aromatic heterocycles. The summed E-state index contributed by atoms with van der Waals surface area (Å²) in [5.74, 6) is 0.189. The van der Waals surface area contributed by atoms with E-state index in [0.29, 0.717) is 12.1 Å². The third-order valence-corrected chi connectivity index (χ3v) is 4.82. The molecule has 0 radical (unpaired) electrons. The van der Waals surface area contributed by atoms with Gasteiger partial charge < -0.3 is 10.6 Å². The molecule has 1 aliphatic carbocycles. The van der Waals surface area contributed by atoms with Gasteiger partial charge in [0.2, 0.25) is 5.91 Å². The summed E-state index contributed by atoms with van der Waals surface area (Å²) in [6.07, 6.45) is 5.14. The van der Waals surface area contributed by atoms with Gasteiger partial charge in [-0.05, 0) is 33.7 Å². The van der Waals surface area contributed by atoms with Crippen molar-refractivity contribution in [3.63, 3.8) is 0 Å². The van der Waals surface area contributed by atoms with E-state index >= 15 is 0 Å². The summed E-state index contributed by atoms with van der Waals surface area (Å²) < 4.78 is 0. The minimum absolute atomic E-state index is 0.189. The van der Waals surface area contributed by atoms with E-state index < -0.39 is 5.54 Å². The maximum absolute atomic E-state index is 12.7. The van der Waals surface area contributed by atoms with E-state index in [4.69, 9.17) is 5.73 Å². The highest BCUT2D eigenvalue weighted by molar-refractivity contribution is 5.86. The number of carbonyl (C=O) groups is 1. The lowest BCUT2D eigenvalue weighted by molar-refractivity contribution is -0.142. The number of hydrogen-bond acceptors (Lipinski definition) is 3. The molecule has 1 amide bonds. The average Bonchev–Trinajstić information content (AvgIpc) is 2.35. The Bertz CT molecular complexity index is 300. The zero-order valence-corrected chi connectivity index (χ0v) is 12.0. The van der Waals surface area contributed by atoms with Gasteiger partial charge in [-0.1, -0.05) is 19.3 Å². The number of likely N-dealkylation sites (N-methyl/N-ethyl adjacent to an activating group) is 1. The van der Waals surface area contributed by atoms with Crippen LogP contribution in [-0.4, -0.2) is 53.5 Å². The van der Waals surface area contributed by atoms with Crippen molar-refractivity contribution < 1.29 is 4.79 Å². The molecule has 2 rings (SSSR count). The fourth-order valence-corrected chi connectivity index (χ4v) is 3.28. The fraction of sp³-hybridized carbons (Fsp3) is 0.929. The van der Waals surface area contributed by atoms with Crippen LogP contribution in [0, 0.1) is 0 Å². The maximum atomic E-state index is 12.7. The van der Waals surface area contributed by atoms with Gasteiger partial charge in [-0.25, -0.2) is 0 Å². The quantitative estimate of drug-likeness (QED) is 0.764. The zero-order chi connectivity index (χ0) is 13.3. The highest BCUT2D eigenvalue weighted by Gasteiger charge is 2.40. The summed E-state index contributed by atoms with van der Waals surface area (Å²) in [5.41, 5.74) is 5.78. The van der Waals surface area contributed by atoms with Crippen molar-refractivity contribution in [2.45, 2.75) is 63.6 Å². The number of nitrogens with zero attached hydrogens (tertiary/aromatic N) is 2. The maximum Gasteiger partial charge on any atom is 0.242 e. The lowest BCUT2D eigenvalue weighted by atomic mass is 9.81. The Morgan fingerprint density at radius 3 is 2.11 bits per heavy atom. The van der Waals surface area contributed by atoms with Crippen LogP contribution >= 0.6 is 0 Å². The van der Waals surface area contributed by atoms with Crippen LogP contribution < -0.4 is 5.73 Å². The Morgan fingerprint density at radius 2 is 1.61 bits per heavy atom. The Kier molecular flexibility index (Phi) is 3.97. The van der Waals surface area contributed by atoms with E-state index in [2.05, 4.69) is 25.8 Å². The van der Waals surface area contributed by atoms with Crippen molar-refractivity contribution in [2.75, 3.05) is 20.1 Å². The molecule has 1 heterocycles. The monoisotopic (exact) mass is 253 g/mol. The molecule has 0 bridgehead atoms. The Labute approximate surface area is 110 Å². The van der Waals surface area contributed by atoms with Crippen LogP contribution in [0.5, 0.6) is 0 Å². The molecule has 2 unspecified atom stereocenters. The number of rotatable bonds is 1. The summed E-state index contributed by atoms with van der Waals surface area (Å²) >= 11 is 0. The largest absolute Gasteiger partial charge is 0.338 e. The van der Waals surface area contributed by atoms with Gasteiger partial charge in [0, 0.05) is 25.2 Å². The molecule has 1 saturated carbocycles. The van der Waals surface area contributed by atoms with Crippen molar-refractivity contribution in [1.29, 1.82) is 0 Å². The number of amides is 1. The molecule has 0 spiro atoms. The van der Waals surface area contributed by atoms with E-state index in [-0.39, 0.29) is 5.91 Å². The van der Waals surface area contributed by atoms with Crippen molar-refractivity contribution in [1.82, 2.24) is 9.80 Å². The first-order valence-electron chi connectivity index (χ1n) is 7.24. The number of piperazine rings is 1. The molecule has 0 aromatic carbocycles. The molecule has 18 heavy (non-hydrogen) atoms. The second-order valence-corrected chi connectivity index (χ2v) is 6.29. The predicted octanol–water partition coefficient (Wildman–Crippen LogP) is 1.20. The second kappa shape index (κ2) is 5.17. The highest BCUT2D eigenvalue weighted by Crippen LogP contribution is 2.29. The van der Waals surface area contributed by atoms with Gasteiger partial charge in [-0.2, -0.15) is 0 Å². The van der Waals surface area contributed by atoms with Crippen LogP contribution in [0.4, 0.5) is 0 Å². The van der Waals surface area contributed by atoms with Crippen LogP contribution in [0.15, 0.2) is 0 Å². The van der Waals surface area contributed by atoms with Crippen LogP contribution in [0.1, 0.15) is 46.0 Å². The molecular formula is C14H27N3O. The van der Waals surface area contributed by atoms with E-state index in [9.17, 15) is 4.79 Å². The highest BCUT2D eigenvalue weighted by atomic mass is 16.2. The van der Waals surface area contributed by atoms with E-state index in [1.807, 2.05) is 4.90 Å². The average molecular weight is 253 g/mol. The molecule has 4 nitrogen and oxygen atoms in total. The Morgan fingerprint density at radius 1 is 1.11 bits per heavy atom. The van der Waals surface area contributed by atoms with Crippen molar-refractivity contribution in [2.24, 2.45) is 5.73 Å². The molecule has 2 aliphatic rings. The van der Waals surface area contributed by atoms with Gasteiger partial charge in [0.15, 0.2) is 0 Å². The van der Waals surface area contributed by atoms with Crippen LogP contribution in [0.25, 0.3) is 0 Å². The SMILES string of the molecule is CC1CN(C(=O)C2(N)CCCCC2)CC(C)N1C. The topological polar surface area (TPSA) is 49.6 Å². The third kappa shape index (κ3) is 2.54. The van der Waals surface area contributed by atoms with E-state index in [1.54, 1.807) is 0 Å². The van der Waals surface area contributed by atoms with Crippen LogP contribution in [0.3, 0.4) is 0 Å². The van der Waals surface area contributed by atoms with Gasteiger partial charge in [0.05, 0.1) is 5.54 Å². The minimum atomic E-state index is -0.576. The smallest absolute Gasteiger partial charge is 0.242 e. The number of carbonyl (C=O) groups excluding carboxylic acids is 1. The van der Waals surface area contributed by atoms with Gasteiger partial charge >= 0.3 is 0 Å². The summed E-state index contributed by atoms with van der Waals surface area (Å²) in [4.78, 5) is 17.0. The molecular weight excluding hydrogens is 226 g/mol. The lowest BCUT2D eigenvalue weighted by Crippen LogP contribution is -2.63. The molecule has 104 valence electrons. The van der Waals surface area contributed by atoms with Crippen LogP contribution in [-0.2, 0) is 4.79 Å². The first-order valence-corrected chi connectivity index (χ1v) is 7.24. The summed E-state index contributed by atoms with van der Waals surface area (Å²) in [7, 11) is 2.13. The molecule has 2 N–H and O–H groups in total. The first-order chi connectivity index (χ1) is 8.44. The molecule has 1 saturated heterocycles. The normalized spacial score (nSPS) is 33.4. The fourth-order valence-electron chi connectivity index (χ4n) is 3.28. The third-order valence-electron chi connectivity index (χ3n) is 4.82. The summed E-state index contributed by atoms with van der Waals surface area (Å²) in [6, 6.07) is 0.842. The molecule has 2 fully saturated rings. The number of nitrogens with two attached hydrogens (primary N) is 1. The standard InChI is InChI=1S/C14H27N3O/c1-11-9-17(10-12(2)16(11)3)13(18)14(15)7-5-4-6-8-14/h11-12H,4-10,15H2,1-3H3. The Balaban J connectivity index is 2.04. The lowest BCUT2D eigenvalue weighted by Gasteiger charge is -2.45. The van der Waals surface area contributed by atoms with E-state index in [0.717, 1.165) is 38.8 Å². The van der Waals surface area contributed by atoms with Crippen LogP contribution in [0.2, 0.25) is 0 Å². The summed E-state index contributed by atoms with van der Waals surface area (Å²) in [6.45, 7) is 6.00. The second-order valence-electron chi connectivity index (χ2n) is 6.29. The van der Waals surface area contributed by atoms with Crippen molar-refractivity contribution in [3.05, 3.63) is 0 Å². The first kappa shape index (κ1) is 13.8. The van der Waals surface area contributed by atoms with E-state index in [1.165, 1.54) is 6.42 Å². The molecule has 0 aromatic rings. The van der Waals surface area contributed by atoms with Gasteiger partial charge in [0.1, 0.15) is 0 Å². The predicted molar refractivity (Wildman–Crippen MR) is 73.3 cm³/mol. The van der Waals surface area contributed by atoms with Crippen molar-refractivity contribution in [3.8, 4) is 0 Å². The number of hydrogen-bond donors (Lipinski definition) is 1. The van der Waals surface area contributed by atoms with Gasteiger partial charge in [-0.3, -0.25) is 9.69 Å². The minimum Gasteiger partial charge on any atom is -0.338 e. The van der Waals surface area contributed by atoms with Gasteiger partial charge in [-0.15, -0.1) is 0 Å². The molecule has 4 heteroatoms. The van der Waals surface area contributed by atoms with Gasteiger partial charge in [0.25, 0.3) is 0 Å². The van der Waals surface area contributed by atoms with Crippen molar-refractivity contribution >= 4 is 5.91 Å². The molecule has 2 atom stereocenters.